The highest BCUT2D eigenvalue weighted by molar-refractivity contribution is 5.88. The van der Waals surface area contributed by atoms with Gasteiger partial charge in [0, 0.05) is 11.8 Å². The van der Waals surface area contributed by atoms with Gasteiger partial charge in [0.2, 0.25) is 6.29 Å². The first-order valence-corrected chi connectivity index (χ1v) is 8.10. The number of carbonyl (C=O) groups is 2. The van der Waals surface area contributed by atoms with Gasteiger partial charge < -0.3 is 44.8 Å². The first-order chi connectivity index (χ1) is 12.7. The number of rotatable bonds is 7. The normalized spacial score (nSPS) is 39.2. The third kappa shape index (κ3) is 4.46. The van der Waals surface area contributed by atoms with Crippen LogP contribution in [0.2, 0.25) is 0 Å². The summed E-state index contributed by atoms with van der Waals surface area (Å²) in [6.45, 7) is 2.89. The molecule has 8 atom stereocenters. The van der Waals surface area contributed by atoms with E-state index >= 15 is 0 Å². The highest BCUT2D eigenvalue weighted by Crippen LogP contribution is 2.36. The molecule has 0 amide bonds. The third-order valence-corrected chi connectivity index (χ3v) is 4.54. The second-order valence-corrected chi connectivity index (χ2v) is 6.23. The number of carboxylic acid groups (broad SMARTS) is 2. The zero-order valence-corrected chi connectivity index (χ0v) is 14.1. The van der Waals surface area contributed by atoms with E-state index in [1.54, 1.807) is 0 Å². The van der Waals surface area contributed by atoms with Gasteiger partial charge in [-0.05, 0) is 0 Å². The van der Waals surface area contributed by atoms with Gasteiger partial charge in [0.25, 0.3) is 0 Å². The van der Waals surface area contributed by atoms with E-state index in [2.05, 4.69) is 6.58 Å². The molecule has 0 saturated carbocycles. The van der Waals surface area contributed by atoms with Crippen LogP contribution in [-0.4, -0.2) is 86.2 Å². The topological polar surface area (TPSA) is 183 Å². The van der Waals surface area contributed by atoms with Crippen LogP contribution >= 0.6 is 0 Å². The molecule has 11 nitrogen and oxygen atoms in total. The Bertz CT molecular complexity index is 601. The minimum Gasteiger partial charge on any atom is -0.481 e. The van der Waals surface area contributed by atoms with Crippen molar-refractivity contribution in [3.05, 3.63) is 24.5 Å². The van der Waals surface area contributed by atoms with E-state index in [-0.39, 0.29) is 5.57 Å². The predicted octanol–water partition coefficient (Wildman–Crippen LogP) is -1.98. The smallest absolute Gasteiger partial charge is 0.335 e. The Morgan fingerprint density at radius 2 is 1.81 bits per heavy atom. The lowest BCUT2D eigenvalue weighted by molar-refractivity contribution is -0.339. The van der Waals surface area contributed by atoms with Crippen LogP contribution in [0.5, 0.6) is 0 Å². The van der Waals surface area contributed by atoms with Gasteiger partial charge in [-0.25, -0.2) is 4.79 Å². The van der Waals surface area contributed by atoms with Gasteiger partial charge in [0.15, 0.2) is 6.29 Å². The van der Waals surface area contributed by atoms with Crippen molar-refractivity contribution in [3.63, 3.8) is 0 Å². The lowest BCUT2D eigenvalue weighted by Gasteiger charge is -2.42. The van der Waals surface area contributed by atoms with Crippen LogP contribution in [0.3, 0.4) is 0 Å². The Hall–Kier alpha value is -2.02. The standard InChI is InChI=1S/C16H22O11/c1-2-6-7(3-10(18)19)8(14(23)24)5-25-15(6)27-16-13(22)12(21)11(20)9(4-17)26-16/h2,5-7,9,11-13,15-17,20-22H,1,3-4H2,(H,18,19)(H,23,24)/t6-,7+,9-,11-,12+,13-,15?,16+/m1/s1. The molecule has 152 valence electrons. The minimum absolute atomic E-state index is 0.282. The Morgan fingerprint density at radius 3 is 2.33 bits per heavy atom. The summed E-state index contributed by atoms with van der Waals surface area (Å²) in [6.07, 6.45) is -7.39. The first-order valence-electron chi connectivity index (χ1n) is 8.10. The summed E-state index contributed by atoms with van der Waals surface area (Å²) in [4.78, 5) is 22.5. The van der Waals surface area contributed by atoms with E-state index < -0.39 is 73.8 Å². The summed E-state index contributed by atoms with van der Waals surface area (Å²) < 4.78 is 15.9. The lowest BCUT2D eigenvalue weighted by Crippen LogP contribution is -2.60. The van der Waals surface area contributed by atoms with Crippen molar-refractivity contribution in [2.24, 2.45) is 11.8 Å². The van der Waals surface area contributed by atoms with Crippen LogP contribution in [-0.2, 0) is 23.8 Å². The Kier molecular flexibility index (Phi) is 6.92. The molecule has 0 aliphatic carbocycles. The van der Waals surface area contributed by atoms with Crippen LogP contribution in [0.4, 0.5) is 0 Å². The average Bonchev–Trinajstić information content (AvgIpc) is 2.61. The number of aliphatic hydroxyl groups excluding tert-OH is 4. The summed E-state index contributed by atoms with van der Waals surface area (Å²) in [7, 11) is 0. The van der Waals surface area contributed by atoms with Gasteiger partial charge >= 0.3 is 11.9 Å². The van der Waals surface area contributed by atoms with Crippen molar-refractivity contribution in [2.75, 3.05) is 6.61 Å². The fourth-order valence-electron chi connectivity index (χ4n) is 3.07. The minimum atomic E-state index is -1.69. The molecule has 2 aliphatic rings. The maximum Gasteiger partial charge on any atom is 0.335 e. The Balaban J connectivity index is 2.23. The maximum atomic E-state index is 11.3. The monoisotopic (exact) mass is 390 g/mol. The van der Waals surface area contributed by atoms with Crippen molar-refractivity contribution in [1.29, 1.82) is 0 Å². The second kappa shape index (κ2) is 8.78. The molecule has 2 aliphatic heterocycles. The fourth-order valence-corrected chi connectivity index (χ4v) is 3.07. The average molecular weight is 390 g/mol. The number of hydrogen-bond donors (Lipinski definition) is 6. The molecular formula is C16H22O11. The molecule has 1 saturated heterocycles. The third-order valence-electron chi connectivity index (χ3n) is 4.54. The molecule has 2 rings (SSSR count). The molecular weight excluding hydrogens is 368 g/mol. The van der Waals surface area contributed by atoms with Gasteiger partial charge in [-0.15, -0.1) is 6.58 Å². The maximum absolute atomic E-state index is 11.3. The summed E-state index contributed by atoms with van der Waals surface area (Å²) in [5, 5.41) is 57.1. The van der Waals surface area contributed by atoms with Crippen molar-refractivity contribution < 1.29 is 54.4 Å². The van der Waals surface area contributed by atoms with Gasteiger partial charge in [0.05, 0.1) is 24.9 Å². The molecule has 0 radical (unpaired) electrons. The van der Waals surface area contributed by atoms with E-state index in [0.717, 1.165) is 6.26 Å². The number of ether oxygens (including phenoxy) is 3. The zero-order chi connectivity index (χ0) is 20.3. The molecule has 0 aromatic heterocycles. The predicted molar refractivity (Wildman–Crippen MR) is 84.9 cm³/mol. The number of aliphatic carboxylic acids is 2. The fraction of sp³-hybridized carbons (Fsp3) is 0.625. The Morgan fingerprint density at radius 1 is 1.15 bits per heavy atom. The van der Waals surface area contributed by atoms with Crippen molar-refractivity contribution >= 4 is 11.9 Å². The highest BCUT2D eigenvalue weighted by atomic mass is 16.8. The summed E-state index contributed by atoms with van der Waals surface area (Å²) in [5.41, 5.74) is -0.282. The van der Waals surface area contributed by atoms with Crippen molar-refractivity contribution in [2.45, 2.75) is 43.4 Å². The lowest BCUT2D eigenvalue weighted by atomic mass is 9.81. The van der Waals surface area contributed by atoms with Crippen LogP contribution in [0.15, 0.2) is 24.5 Å². The Labute approximate surface area is 153 Å². The van der Waals surface area contributed by atoms with Crippen LogP contribution in [0, 0.1) is 11.8 Å². The van der Waals surface area contributed by atoms with Gasteiger partial charge in [-0.3, -0.25) is 4.79 Å². The molecule has 0 aromatic rings. The van der Waals surface area contributed by atoms with E-state index in [9.17, 15) is 35.1 Å². The van der Waals surface area contributed by atoms with E-state index in [0.29, 0.717) is 0 Å². The molecule has 11 heteroatoms. The molecule has 6 N–H and O–H groups in total. The van der Waals surface area contributed by atoms with Crippen LogP contribution in [0.1, 0.15) is 6.42 Å². The SMILES string of the molecule is C=C[C@H]1C(O[C@@H]2O[C@H](CO)[C@@H](O)[C@H](O)[C@H]2O)OC=C(C(=O)O)[C@H]1CC(=O)O. The van der Waals surface area contributed by atoms with Crippen molar-refractivity contribution in [3.8, 4) is 0 Å². The summed E-state index contributed by atoms with van der Waals surface area (Å²) >= 11 is 0. The number of hydrogen-bond acceptors (Lipinski definition) is 9. The molecule has 2 heterocycles. The van der Waals surface area contributed by atoms with Gasteiger partial charge in [-0.2, -0.15) is 0 Å². The summed E-state index contributed by atoms with van der Waals surface area (Å²) in [6, 6.07) is 0. The number of carboxylic acids is 2. The van der Waals surface area contributed by atoms with Crippen molar-refractivity contribution in [1.82, 2.24) is 0 Å². The van der Waals surface area contributed by atoms with Crippen LogP contribution in [0.25, 0.3) is 0 Å². The number of aliphatic hydroxyl groups is 4. The molecule has 27 heavy (non-hydrogen) atoms. The van der Waals surface area contributed by atoms with E-state index in [1.807, 2.05) is 0 Å². The van der Waals surface area contributed by atoms with E-state index in [1.165, 1.54) is 6.08 Å². The summed E-state index contributed by atoms with van der Waals surface area (Å²) in [5.74, 6) is -4.56. The molecule has 0 spiro atoms. The van der Waals surface area contributed by atoms with Gasteiger partial charge in [0.1, 0.15) is 24.4 Å². The largest absolute Gasteiger partial charge is 0.481 e. The highest BCUT2D eigenvalue weighted by Gasteiger charge is 2.47. The molecule has 0 bridgehead atoms. The van der Waals surface area contributed by atoms with Gasteiger partial charge in [-0.1, -0.05) is 6.08 Å². The zero-order valence-electron chi connectivity index (χ0n) is 14.1. The molecule has 1 fully saturated rings. The molecule has 1 unspecified atom stereocenters. The quantitative estimate of drug-likeness (QED) is 0.265. The second-order valence-electron chi connectivity index (χ2n) is 6.23. The first kappa shape index (κ1) is 21.3. The molecule has 0 aromatic carbocycles. The van der Waals surface area contributed by atoms with Crippen LogP contribution < -0.4 is 0 Å². The van der Waals surface area contributed by atoms with E-state index in [4.69, 9.17) is 19.3 Å².